The Hall–Kier alpha value is -1.21. The van der Waals surface area contributed by atoms with Gasteiger partial charge in [-0.3, -0.25) is 4.79 Å². The molecule has 0 aromatic rings. The second-order valence-electron chi connectivity index (χ2n) is 21.1. The summed E-state index contributed by atoms with van der Waals surface area (Å²) in [5.41, 5.74) is 0. The summed E-state index contributed by atoms with van der Waals surface area (Å²) in [6, 6.07) is -0.878. The molecule has 17 unspecified atom stereocenters. The summed E-state index contributed by atoms with van der Waals surface area (Å²) >= 11 is 0. The molecule has 0 aliphatic carbocycles. The van der Waals surface area contributed by atoms with Crippen LogP contribution in [0.2, 0.25) is 0 Å². The number of carbonyl (C=O) groups is 1. The molecule has 0 radical (unpaired) electrons. The number of carbonyl (C=O) groups excluding carboxylic acids is 1. The summed E-state index contributed by atoms with van der Waals surface area (Å²) < 4.78 is 34.2. The Balaban J connectivity index is 1.50. The van der Waals surface area contributed by atoms with E-state index in [-0.39, 0.29) is 18.9 Å². The molecule has 432 valence electrons. The average molecular weight is 1050 g/mol. The molecular weight excluding hydrogens is 951 g/mol. The molecule has 0 bridgehead atoms. The van der Waals surface area contributed by atoms with E-state index in [0.717, 1.165) is 44.9 Å². The lowest BCUT2D eigenvalue weighted by molar-refractivity contribution is -0.379. The molecular formula is C54H103NO18. The van der Waals surface area contributed by atoms with Crippen LogP contribution in [0.15, 0.2) is 0 Å². The third-order valence-corrected chi connectivity index (χ3v) is 14.9. The molecule has 3 fully saturated rings. The molecule has 73 heavy (non-hydrogen) atoms. The third kappa shape index (κ3) is 24.1. The number of hydrogen-bond donors (Lipinski definition) is 12. The van der Waals surface area contributed by atoms with Crippen molar-refractivity contribution in [2.75, 3.05) is 26.4 Å². The van der Waals surface area contributed by atoms with E-state index < -0.39 is 124 Å². The second-order valence-corrected chi connectivity index (χ2v) is 21.1. The fourth-order valence-electron chi connectivity index (χ4n) is 10.1. The number of aliphatic hydroxyl groups is 11. The fraction of sp³-hybridized carbons (Fsp3) is 0.981. The minimum absolute atomic E-state index is 0.241. The van der Waals surface area contributed by atoms with E-state index in [2.05, 4.69) is 19.2 Å². The molecule has 0 spiro atoms. The lowest BCUT2D eigenvalue weighted by Crippen LogP contribution is -2.66. The maximum absolute atomic E-state index is 13.3. The van der Waals surface area contributed by atoms with Crippen molar-refractivity contribution in [1.29, 1.82) is 0 Å². The van der Waals surface area contributed by atoms with E-state index in [1.807, 2.05) is 0 Å². The molecule has 1 amide bonds. The van der Waals surface area contributed by atoms with Crippen molar-refractivity contribution in [2.45, 2.75) is 311 Å². The van der Waals surface area contributed by atoms with Crippen LogP contribution < -0.4 is 5.32 Å². The summed E-state index contributed by atoms with van der Waals surface area (Å²) in [6.45, 7) is 1.78. The van der Waals surface area contributed by atoms with Gasteiger partial charge in [0, 0.05) is 6.42 Å². The van der Waals surface area contributed by atoms with Crippen LogP contribution in [-0.2, 0) is 33.2 Å². The average Bonchev–Trinajstić information content (AvgIpc) is 3.39. The number of ether oxygens (including phenoxy) is 6. The smallest absolute Gasteiger partial charge is 0.220 e. The summed E-state index contributed by atoms with van der Waals surface area (Å²) in [6.07, 6.45) is 7.70. The van der Waals surface area contributed by atoms with Crippen LogP contribution in [0.3, 0.4) is 0 Å². The first kappa shape index (κ1) is 66.1. The molecule has 19 nitrogen and oxygen atoms in total. The SMILES string of the molecule is CCCCCCCCCCCCCCCCCCCC(=O)NC(COC1OC(CO)C(OC2OC(CO)C(OC3OC(CO)C(O)C(O)C3O)C(O)C2O)C(O)C1O)C(O)CCCCCCCCCCCCC. The van der Waals surface area contributed by atoms with Gasteiger partial charge >= 0.3 is 0 Å². The molecule has 3 rings (SSSR count). The number of rotatable bonds is 42. The zero-order chi connectivity index (χ0) is 53.4. The molecule has 17 atom stereocenters. The molecule has 3 saturated heterocycles. The maximum atomic E-state index is 13.3. The molecule has 19 heteroatoms. The number of aliphatic hydroxyl groups excluding tert-OH is 11. The van der Waals surface area contributed by atoms with Crippen LogP contribution in [0, 0.1) is 0 Å². The van der Waals surface area contributed by atoms with Gasteiger partial charge in [-0.25, -0.2) is 0 Å². The van der Waals surface area contributed by atoms with Crippen molar-refractivity contribution in [3.8, 4) is 0 Å². The van der Waals surface area contributed by atoms with Gasteiger partial charge in [-0.15, -0.1) is 0 Å². The Bertz CT molecular complexity index is 1350. The van der Waals surface area contributed by atoms with E-state index in [1.54, 1.807) is 0 Å². The normalized spacial score (nSPS) is 31.7. The topological polar surface area (TPSA) is 307 Å². The van der Waals surface area contributed by atoms with Crippen LogP contribution in [0.25, 0.3) is 0 Å². The minimum Gasteiger partial charge on any atom is -0.394 e. The van der Waals surface area contributed by atoms with Gasteiger partial charge in [0.2, 0.25) is 5.91 Å². The van der Waals surface area contributed by atoms with Crippen LogP contribution in [0.4, 0.5) is 0 Å². The maximum Gasteiger partial charge on any atom is 0.220 e. The lowest BCUT2D eigenvalue weighted by atomic mass is 9.96. The van der Waals surface area contributed by atoms with Crippen molar-refractivity contribution in [3.05, 3.63) is 0 Å². The molecule has 3 aliphatic heterocycles. The predicted molar refractivity (Wildman–Crippen MR) is 273 cm³/mol. The number of hydrogen-bond acceptors (Lipinski definition) is 18. The van der Waals surface area contributed by atoms with Gasteiger partial charge in [0.25, 0.3) is 0 Å². The molecule has 0 aromatic carbocycles. The largest absolute Gasteiger partial charge is 0.394 e. The Kier molecular flexibility index (Phi) is 35.5. The minimum atomic E-state index is -1.97. The Morgan fingerprint density at radius 1 is 0.438 bits per heavy atom. The number of unbranched alkanes of at least 4 members (excludes halogenated alkanes) is 26. The van der Waals surface area contributed by atoms with Crippen molar-refractivity contribution < 1.29 is 89.4 Å². The third-order valence-electron chi connectivity index (χ3n) is 14.9. The van der Waals surface area contributed by atoms with Crippen LogP contribution in [0.1, 0.15) is 206 Å². The summed E-state index contributed by atoms with van der Waals surface area (Å²) in [5.74, 6) is -0.241. The van der Waals surface area contributed by atoms with Gasteiger partial charge in [-0.2, -0.15) is 0 Å². The molecule has 0 saturated carbocycles. The van der Waals surface area contributed by atoms with Gasteiger partial charge in [-0.05, 0) is 12.8 Å². The number of amides is 1. The van der Waals surface area contributed by atoms with Crippen molar-refractivity contribution >= 4 is 5.91 Å². The molecule has 3 aliphatic rings. The van der Waals surface area contributed by atoms with Gasteiger partial charge in [0.1, 0.15) is 73.2 Å². The van der Waals surface area contributed by atoms with E-state index >= 15 is 0 Å². The molecule has 12 N–H and O–H groups in total. The highest BCUT2D eigenvalue weighted by atomic mass is 16.8. The van der Waals surface area contributed by atoms with Crippen molar-refractivity contribution in [2.24, 2.45) is 0 Å². The highest BCUT2D eigenvalue weighted by Gasteiger charge is 2.53. The molecule has 0 aromatic heterocycles. The van der Waals surface area contributed by atoms with Crippen molar-refractivity contribution in [1.82, 2.24) is 5.32 Å². The first-order chi connectivity index (χ1) is 35.3. The van der Waals surface area contributed by atoms with E-state index in [9.17, 15) is 61.0 Å². The van der Waals surface area contributed by atoms with Gasteiger partial charge in [0.05, 0.1) is 38.6 Å². The summed E-state index contributed by atoms with van der Waals surface area (Å²) in [5, 5.41) is 120. The first-order valence-corrected chi connectivity index (χ1v) is 28.8. The van der Waals surface area contributed by atoms with Crippen LogP contribution in [0.5, 0.6) is 0 Å². The quantitative estimate of drug-likeness (QED) is 0.0384. The van der Waals surface area contributed by atoms with E-state index in [4.69, 9.17) is 28.4 Å². The summed E-state index contributed by atoms with van der Waals surface area (Å²) in [4.78, 5) is 13.3. The van der Waals surface area contributed by atoms with E-state index in [0.29, 0.717) is 12.8 Å². The lowest BCUT2D eigenvalue weighted by Gasteiger charge is -2.48. The Morgan fingerprint density at radius 2 is 0.781 bits per heavy atom. The monoisotopic (exact) mass is 1050 g/mol. The van der Waals surface area contributed by atoms with Gasteiger partial charge in [0.15, 0.2) is 18.9 Å². The number of nitrogens with one attached hydrogen (secondary N) is 1. The van der Waals surface area contributed by atoms with Gasteiger partial charge < -0.3 is 89.9 Å². The first-order valence-electron chi connectivity index (χ1n) is 28.8. The van der Waals surface area contributed by atoms with E-state index in [1.165, 1.54) is 128 Å². The molecule has 3 heterocycles. The Labute approximate surface area is 436 Å². The summed E-state index contributed by atoms with van der Waals surface area (Å²) in [7, 11) is 0. The predicted octanol–water partition coefficient (Wildman–Crippen LogP) is 4.04. The van der Waals surface area contributed by atoms with Crippen molar-refractivity contribution in [3.63, 3.8) is 0 Å². The fourth-order valence-corrected chi connectivity index (χ4v) is 10.1. The standard InChI is InChI=1S/C54H103NO18/c1-3-5-7-9-11-13-15-16-17-18-19-20-22-24-26-28-30-32-42(60)55-37(38(59)31-29-27-25-23-21-14-12-10-8-6-4-2)36-68-52-48(66)45(63)50(40(34-57)70-52)73-54-49(67)46(64)51(41(35-58)71-54)72-53-47(65)44(62)43(61)39(33-56)69-53/h37-41,43-54,56-59,61-67H,3-36H2,1-2H3,(H,55,60). The zero-order valence-electron chi connectivity index (χ0n) is 44.6. The Morgan fingerprint density at radius 3 is 1.19 bits per heavy atom. The van der Waals surface area contributed by atoms with Crippen LogP contribution >= 0.6 is 0 Å². The second kappa shape index (κ2) is 39.2. The highest BCUT2D eigenvalue weighted by Crippen LogP contribution is 2.33. The van der Waals surface area contributed by atoms with Gasteiger partial charge in [-0.1, -0.05) is 187 Å². The zero-order valence-corrected chi connectivity index (χ0v) is 44.6. The van der Waals surface area contributed by atoms with Crippen LogP contribution in [-0.4, -0.2) is 193 Å². The highest BCUT2D eigenvalue weighted by molar-refractivity contribution is 5.76.